The zero-order chi connectivity index (χ0) is 11.4. The van der Waals surface area contributed by atoms with Crippen LogP contribution in [-0.2, 0) is 11.3 Å². The molecule has 0 unspecified atom stereocenters. The van der Waals surface area contributed by atoms with Gasteiger partial charge < -0.3 is 20.3 Å². The van der Waals surface area contributed by atoms with E-state index in [2.05, 4.69) is 10.1 Å². The summed E-state index contributed by atoms with van der Waals surface area (Å²) in [5, 5.41) is 21.1. The monoisotopic (exact) mass is 211 g/mol. The first-order valence-corrected chi connectivity index (χ1v) is 4.38. The van der Waals surface area contributed by atoms with Crippen molar-refractivity contribution < 1.29 is 19.7 Å². The molecule has 5 heteroatoms. The van der Waals surface area contributed by atoms with E-state index in [0.717, 1.165) is 0 Å². The lowest BCUT2D eigenvalue weighted by atomic mass is 10.1. The Hall–Kier alpha value is -1.91. The number of benzene rings is 1. The van der Waals surface area contributed by atoms with Crippen LogP contribution in [0.2, 0.25) is 0 Å². The molecule has 0 aliphatic carbocycles. The van der Waals surface area contributed by atoms with Gasteiger partial charge in [-0.15, -0.1) is 0 Å². The van der Waals surface area contributed by atoms with E-state index in [9.17, 15) is 15.0 Å². The zero-order valence-electron chi connectivity index (χ0n) is 8.57. The number of phenolic OH excluding ortho intramolecular Hbond substituents is 2. The molecule has 0 bridgehead atoms. The summed E-state index contributed by atoms with van der Waals surface area (Å²) in [4.78, 5) is 10.8. The maximum absolute atomic E-state index is 10.8. The quantitative estimate of drug-likeness (QED) is 0.643. The van der Waals surface area contributed by atoms with Crippen LogP contribution in [-0.4, -0.2) is 23.4 Å². The van der Waals surface area contributed by atoms with Gasteiger partial charge in [-0.25, -0.2) is 4.79 Å². The second-order valence-corrected chi connectivity index (χ2v) is 3.13. The molecule has 0 saturated heterocycles. The second kappa shape index (κ2) is 4.54. The Morgan fingerprint density at radius 2 is 2.13 bits per heavy atom. The summed E-state index contributed by atoms with van der Waals surface area (Å²) in [7, 11) is 1.27. The largest absolute Gasteiger partial charge is 0.504 e. The van der Waals surface area contributed by atoms with Gasteiger partial charge in [-0.2, -0.15) is 0 Å². The van der Waals surface area contributed by atoms with E-state index < -0.39 is 6.09 Å². The van der Waals surface area contributed by atoms with E-state index in [1.807, 2.05) is 0 Å². The third-order valence-electron chi connectivity index (χ3n) is 1.96. The zero-order valence-corrected chi connectivity index (χ0v) is 8.57. The van der Waals surface area contributed by atoms with Crippen LogP contribution in [0.3, 0.4) is 0 Å². The first kappa shape index (κ1) is 11.2. The van der Waals surface area contributed by atoms with Crippen molar-refractivity contribution >= 4 is 6.09 Å². The Morgan fingerprint density at radius 3 is 2.67 bits per heavy atom. The Labute approximate surface area is 87.3 Å². The molecular formula is C10H13NO4. The number of aryl methyl sites for hydroxylation is 1. The van der Waals surface area contributed by atoms with Crippen molar-refractivity contribution in [2.45, 2.75) is 13.5 Å². The number of phenols is 2. The molecule has 1 amide bonds. The van der Waals surface area contributed by atoms with E-state index in [-0.39, 0.29) is 18.0 Å². The molecule has 0 saturated carbocycles. The molecule has 0 fully saturated rings. The van der Waals surface area contributed by atoms with E-state index in [1.165, 1.54) is 13.2 Å². The number of hydrogen-bond donors (Lipinski definition) is 3. The number of carbonyl (C=O) groups excluding carboxylic acids is 1. The molecule has 1 rings (SSSR count). The number of methoxy groups -OCH3 is 1. The van der Waals surface area contributed by atoms with Crippen molar-refractivity contribution in [3.63, 3.8) is 0 Å². The van der Waals surface area contributed by atoms with E-state index in [0.29, 0.717) is 11.1 Å². The first-order chi connectivity index (χ1) is 7.04. The highest BCUT2D eigenvalue weighted by molar-refractivity contribution is 5.67. The van der Waals surface area contributed by atoms with Crippen LogP contribution in [0, 0.1) is 6.92 Å². The SMILES string of the molecule is COC(=O)NCc1cc(C)c(O)c(O)c1. The topological polar surface area (TPSA) is 78.8 Å². The fraction of sp³-hybridized carbons (Fsp3) is 0.300. The van der Waals surface area contributed by atoms with Crippen molar-refractivity contribution in [1.82, 2.24) is 5.32 Å². The molecule has 0 heterocycles. The standard InChI is InChI=1S/C10H13NO4/c1-6-3-7(4-8(12)9(6)13)5-11-10(14)15-2/h3-4,12-13H,5H2,1-2H3,(H,11,14). The average molecular weight is 211 g/mol. The molecule has 1 aromatic rings. The molecule has 0 aromatic heterocycles. The number of nitrogens with one attached hydrogen (secondary N) is 1. The summed E-state index contributed by atoms with van der Waals surface area (Å²) >= 11 is 0. The van der Waals surface area contributed by atoms with Gasteiger partial charge in [-0.1, -0.05) is 6.07 Å². The van der Waals surface area contributed by atoms with Crippen molar-refractivity contribution in [2.75, 3.05) is 7.11 Å². The number of aromatic hydroxyl groups is 2. The van der Waals surface area contributed by atoms with E-state index in [1.54, 1.807) is 13.0 Å². The maximum Gasteiger partial charge on any atom is 0.407 e. The molecule has 0 aliphatic heterocycles. The van der Waals surface area contributed by atoms with Gasteiger partial charge in [0.15, 0.2) is 11.5 Å². The van der Waals surface area contributed by atoms with E-state index >= 15 is 0 Å². The molecule has 5 nitrogen and oxygen atoms in total. The van der Waals surface area contributed by atoms with Gasteiger partial charge in [-0.05, 0) is 24.1 Å². The molecule has 15 heavy (non-hydrogen) atoms. The van der Waals surface area contributed by atoms with Gasteiger partial charge in [-0.3, -0.25) is 0 Å². The number of alkyl carbamates (subject to hydrolysis) is 1. The van der Waals surface area contributed by atoms with Crippen LogP contribution < -0.4 is 5.32 Å². The average Bonchev–Trinajstić information content (AvgIpc) is 2.22. The highest BCUT2D eigenvalue weighted by Gasteiger charge is 2.06. The lowest BCUT2D eigenvalue weighted by Crippen LogP contribution is -2.22. The molecule has 0 radical (unpaired) electrons. The number of carbonyl (C=O) groups is 1. The molecule has 0 atom stereocenters. The molecule has 0 aliphatic rings. The van der Waals surface area contributed by atoms with Crippen LogP contribution >= 0.6 is 0 Å². The van der Waals surface area contributed by atoms with Gasteiger partial charge in [0.25, 0.3) is 0 Å². The highest BCUT2D eigenvalue weighted by atomic mass is 16.5. The lowest BCUT2D eigenvalue weighted by molar-refractivity contribution is 0.170. The van der Waals surface area contributed by atoms with Crippen molar-refractivity contribution in [1.29, 1.82) is 0 Å². The summed E-state index contributed by atoms with van der Waals surface area (Å²) in [6.45, 7) is 1.90. The molecule has 3 N–H and O–H groups in total. The van der Waals surface area contributed by atoms with Gasteiger partial charge in [0.1, 0.15) is 0 Å². The summed E-state index contributed by atoms with van der Waals surface area (Å²) in [5.74, 6) is -0.339. The number of rotatable bonds is 2. The maximum atomic E-state index is 10.8. The minimum Gasteiger partial charge on any atom is -0.504 e. The van der Waals surface area contributed by atoms with Crippen molar-refractivity contribution in [3.8, 4) is 11.5 Å². The Morgan fingerprint density at radius 1 is 1.47 bits per heavy atom. The summed E-state index contributed by atoms with van der Waals surface area (Å²) < 4.78 is 4.39. The molecule has 0 spiro atoms. The van der Waals surface area contributed by atoms with Crippen LogP contribution in [0.1, 0.15) is 11.1 Å². The predicted octanol–water partition coefficient (Wildman–Crippen LogP) is 1.26. The Balaban J connectivity index is 2.75. The summed E-state index contributed by atoms with van der Waals surface area (Å²) in [6.07, 6.45) is -0.541. The van der Waals surface area contributed by atoms with Gasteiger partial charge >= 0.3 is 6.09 Å². The van der Waals surface area contributed by atoms with Crippen LogP contribution in [0.5, 0.6) is 11.5 Å². The highest BCUT2D eigenvalue weighted by Crippen LogP contribution is 2.29. The Bertz CT molecular complexity index is 353. The normalized spacial score (nSPS) is 9.73. The fourth-order valence-electron chi connectivity index (χ4n) is 1.18. The van der Waals surface area contributed by atoms with Crippen molar-refractivity contribution in [2.24, 2.45) is 0 Å². The lowest BCUT2D eigenvalue weighted by Gasteiger charge is -2.07. The van der Waals surface area contributed by atoms with E-state index in [4.69, 9.17) is 0 Å². The van der Waals surface area contributed by atoms with Gasteiger partial charge in [0.05, 0.1) is 7.11 Å². The summed E-state index contributed by atoms with van der Waals surface area (Å²) in [5.41, 5.74) is 1.24. The third kappa shape index (κ3) is 2.77. The number of amides is 1. The smallest absolute Gasteiger partial charge is 0.407 e. The first-order valence-electron chi connectivity index (χ1n) is 4.38. The van der Waals surface area contributed by atoms with Gasteiger partial charge in [0.2, 0.25) is 0 Å². The molecule has 1 aromatic carbocycles. The summed E-state index contributed by atoms with van der Waals surface area (Å²) in [6, 6.07) is 3.06. The predicted molar refractivity (Wildman–Crippen MR) is 53.8 cm³/mol. The minimum absolute atomic E-state index is 0.142. The van der Waals surface area contributed by atoms with Crippen LogP contribution in [0.15, 0.2) is 12.1 Å². The molecule has 82 valence electrons. The molecular weight excluding hydrogens is 198 g/mol. The fourth-order valence-corrected chi connectivity index (χ4v) is 1.18. The minimum atomic E-state index is -0.541. The van der Waals surface area contributed by atoms with Crippen LogP contribution in [0.4, 0.5) is 4.79 Å². The van der Waals surface area contributed by atoms with Crippen molar-refractivity contribution in [3.05, 3.63) is 23.3 Å². The van der Waals surface area contributed by atoms with Crippen LogP contribution in [0.25, 0.3) is 0 Å². The van der Waals surface area contributed by atoms with Gasteiger partial charge in [0, 0.05) is 6.54 Å². The number of hydrogen-bond acceptors (Lipinski definition) is 4. The Kier molecular flexibility index (Phi) is 3.38. The number of ether oxygens (including phenoxy) is 1. The second-order valence-electron chi connectivity index (χ2n) is 3.13. The third-order valence-corrected chi connectivity index (χ3v) is 1.96.